The maximum atomic E-state index is 12.9. The van der Waals surface area contributed by atoms with E-state index in [9.17, 15) is 9.18 Å². The fraction of sp³-hybridized carbons (Fsp3) is 0.227. The van der Waals surface area contributed by atoms with Crippen molar-refractivity contribution in [2.45, 2.75) is 27.1 Å². The van der Waals surface area contributed by atoms with Crippen molar-refractivity contribution in [3.8, 4) is 11.8 Å². The van der Waals surface area contributed by atoms with E-state index < -0.39 is 0 Å². The summed E-state index contributed by atoms with van der Waals surface area (Å²) >= 11 is 0. The minimum atomic E-state index is -0.343. The summed E-state index contributed by atoms with van der Waals surface area (Å²) in [5, 5.41) is 10.1. The van der Waals surface area contributed by atoms with Gasteiger partial charge in [0, 0.05) is 18.2 Å². The van der Waals surface area contributed by atoms with Crippen molar-refractivity contribution in [1.29, 1.82) is 0 Å². The summed E-state index contributed by atoms with van der Waals surface area (Å²) < 4.78 is 12.9. The van der Waals surface area contributed by atoms with Crippen molar-refractivity contribution < 1.29 is 18.9 Å². The molecule has 0 aliphatic rings. The predicted octanol–water partition coefficient (Wildman–Crippen LogP) is 3.33. The zero-order valence-corrected chi connectivity index (χ0v) is 16.5. The molecule has 0 saturated heterocycles. The Morgan fingerprint density at radius 1 is 1.17 bits per heavy atom. The second-order valence-electron chi connectivity index (χ2n) is 6.04. The number of hydrogen-bond acceptors (Lipinski definition) is 5. The van der Waals surface area contributed by atoms with Crippen LogP contribution in [0.1, 0.15) is 29.2 Å². The van der Waals surface area contributed by atoms with Gasteiger partial charge in [0.15, 0.2) is 0 Å². The molecule has 0 saturated carbocycles. The molecule has 0 aliphatic carbocycles. The van der Waals surface area contributed by atoms with Gasteiger partial charge in [0.25, 0.3) is 5.91 Å². The number of halogens is 1. The van der Waals surface area contributed by atoms with Crippen LogP contribution in [0, 0.1) is 24.6 Å². The third-order valence-electron chi connectivity index (χ3n) is 3.86. The van der Waals surface area contributed by atoms with Gasteiger partial charge in [0.1, 0.15) is 31.0 Å². The molecule has 0 bridgehead atoms. The number of benzene rings is 2. The molecule has 2 aromatic rings. The summed E-state index contributed by atoms with van der Waals surface area (Å²) in [7, 11) is 1.51. The number of aryl methyl sites for hydroxylation is 1. The second kappa shape index (κ2) is 11.2. The molecule has 150 valence electrons. The molecule has 6 nitrogen and oxygen atoms in total. The fourth-order valence-corrected chi connectivity index (χ4v) is 2.27. The highest BCUT2D eigenvalue weighted by Gasteiger charge is 2.07. The van der Waals surface area contributed by atoms with Gasteiger partial charge < -0.3 is 15.0 Å². The largest absolute Gasteiger partial charge is 0.391 e. The van der Waals surface area contributed by atoms with Gasteiger partial charge >= 0.3 is 0 Å². The van der Waals surface area contributed by atoms with Crippen LogP contribution in [-0.4, -0.2) is 24.9 Å². The van der Waals surface area contributed by atoms with Crippen molar-refractivity contribution in [2.24, 2.45) is 10.3 Å². The molecule has 1 N–H and O–H groups in total. The Morgan fingerprint density at radius 3 is 2.66 bits per heavy atom. The van der Waals surface area contributed by atoms with Gasteiger partial charge in [0.2, 0.25) is 0 Å². The average molecular weight is 395 g/mol. The molecule has 2 rings (SSSR count). The molecular weight excluding hydrogens is 373 g/mol. The molecule has 0 radical (unpaired) electrons. The fourth-order valence-electron chi connectivity index (χ4n) is 2.27. The van der Waals surface area contributed by atoms with Crippen LogP contribution in [0.25, 0.3) is 0 Å². The molecule has 0 heterocycles. The van der Waals surface area contributed by atoms with Gasteiger partial charge in [-0.1, -0.05) is 34.4 Å². The molecule has 0 atom stereocenters. The quantitative estimate of drug-likeness (QED) is 0.444. The molecule has 29 heavy (non-hydrogen) atoms. The van der Waals surface area contributed by atoms with Gasteiger partial charge in [-0.25, -0.2) is 4.39 Å². The first-order chi connectivity index (χ1) is 14.0. The van der Waals surface area contributed by atoms with Crippen LogP contribution in [0.3, 0.4) is 0 Å². The highest BCUT2D eigenvalue weighted by molar-refractivity contribution is 6.25. The van der Waals surface area contributed by atoms with E-state index in [1.165, 1.54) is 19.2 Å². The standard InChI is InChI=1S/C22H22FN3O3/c1-16-5-4-6-19(14-28-25-13-22(27)24-3)21(16)15-29-26-17(2)7-8-18-9-11-20(23)12-10-18/h4-6,9-13H,14-15H2,1-3H3,(H,24,27)/b25-13+,26-17+. The highest BCUT2D eigenvalue weighted by Crippen LogP contribution is 2.17. The third-order valence-corrected chi connectivity index (χ3v) is 3.86. The van der Waals surface area contributed by atoms with Gasteiger partial charge in [-0.2, -0.15) is 0 Å². The monoisotopic (exact) mass is 395 g/mol. The topological polar surface area (TPSA) is 72.3 Å². The van der Waals surface area contributed by atoms with Crippen LogP contribution in [-0.2, 0) is 27.7 Å². The van der Waals surface area contributed by atoms with Crippen LogP contribution in [0.4, 0.5) is 4.39 Å². The number of carbonyl (C=O) groups is 1. The molecular formula is C22H22FN3O3. The van der Waals surface area contributed by atoms with E-state index >= 15 is 0 Å². The summed E-state index contributed by atoms with van der Waals surface area (Å²) in [5.74, 6) is 5.11. The second-order valence-corrected chi connectivity index (χ2v) is 6.04. The SMILES string of the molecule is CNC(=O)/C=N/OCc1cccc(C)c1CO/N=C(\C)C#Cc1ccc(F)cc1. The summed E-state index contributed by atoms with van der Waals surface area (Å²) in [6.45, 7) is 4.12. The zero-order valence-electron chi connectivity index (χ0n) is 16.5. The number of rotatable bonds is 7. The van der Waals surface area contributed by atoms with Crippen molar-refractivity contribution in [2.75, 3.05) is 7.05 Å². The molecule has 1 amide bonds. The maximum absolute atomic E-state index is 12.9. The zero-order chi connectivity index (χ0) is 21.1. The van der Waals surface area contributed by atoms with Crippen LogP contribution in [0.15, 0.2) is 52.8 Å². The minimum Gasteiger partial charge on any atom is -0.391 e. The Labute approximate surface area is 169 Å². The first-order valence-electron chi connectivity index (χ1n) is 8.88. The summed E-state index contributed by atoms with van der Waals surface area (Å²) in [6, 6.07) is 11.7. The first-order valence-corrected chi connectivity index (χ1v) is 8.88. The molecule has 2 aromatic carbocycles. The molecule has 7 heteroatoms. The van der Waals surface area contributed by atoms with E-state index in [1.54, 1.807) is 19.1 Å². The van der Waals surface area contributed by atoms with Crippen molar-refractivity contribution >= 4 is 17.8 Å². The number of nitrogens with zero attached hydrogens (tertiary/aromatic N) is 2. The van der Waals surface area contributed by atoms with E-state index in [-0.39, 0.29) is 24.9 Å². The Kier molecular flexibility index (Phi) is 8.39. The number of carbonyl (C=O) groups excluding carboxylic acids is 1. The Balaban J connectivity index is 1.97. The smallest absolute Gasteiger partial charge is 0.265 e. The van der Waals surface area contributed by atoms with Crippen molar-refractivity contribution in [1.82, 2.24) is 5.32 Å². The summed E-state index contributed by atoms with van der Waals surface area (Å²) in [4.78, 5) is 21.7. The molecule has 0 fully saturated rings. The maximum Gasteiger partial charge on any atom is 0.265 e. The van der Waals surface area contributed by atoms with Crippen molar-refractivity contribution in [3.05, 3.63) is 70.5 Å². The summed E-state index contributed by atoms with van der Waals surface area (Å²) in [6.07, 6.45) is 1.07. The van der Waals surface area contributed by atoms with E-state index in [4.69, 9.17) is 9.68 Å². The lowest BCUT2D eigenvalue weighted by molar-refractivity contribution is -0.114. The molecule has 0 aliphatic heterocycles. The Hall–Kier alpha value is -3.66. The van der Waals surface area contributed by atoms with Crippen LogP contribution in [0.5, 0.6) is 0 Å². The molecule has 0 spiro atoms. The van der Waals surface area contributed by atoms with Gasteiger partial charge in [-0.15, -0.1) is 0 Å². The molecule has 0 unspecified atom stereocenters. The van der Waals surface area contributed by atoms with E-state index in [1.807, 2.05) is 25.1 Å². The van der Waals surface area contributed by atoms with Crippen molar-refractivity contribution in [3.63, 3.8) is 0 Å². The number of oxime groups is 2. The lowest BCUT2D eigenvalue weighted by Crippen LogP contribution is -2.18. The minimum absolute atomic E-state index is 0.195. The lowest BCUT2D eigenvalue weighted by atomic mass is 10.0. The predicted molar refractivity (Wildman–Crippen MR) is 110 cm³/mol. The number of nitrogens with one attached hydrogen (secondary N) is 1. The highest BCUT2D eigenvalue weighted by atomic mass is 19.1. The van der Waals surface area contributed by atoms with E-state index in [0.29, 0.717) is 11.3 Å². The first kappa shape index (κ1) is 21.6. The van der Waals surface area contributed by atoms with Crippen LogP contribution < -0.4 is 5.32 Å². The summed E-state index contributed by atoms with van der Waals surface area (Å²) in [5.41, 5.74) is 4.01. The van der Waals surface area contributed by atoms with E-state index in [0.717, 1.165) is 22.9 Å². The Bertz CT molecular complexity index is 958. The number of amides is 1. The third kappa shape index (κ3) is 7.46. The van der Waals surface area contributed by atoms with Gasteiger partial charge in [0.05, 0.1) is 0 Å². The van der Waals surface area contributed by atoms with Crippen LogP contribution >= 0.6 is 0 Å². The number of hydrogen-bond donors (Lipinski definition) is 1. The Morgan fingerprint density at radius 2 is 1.93 bits per heavy atom. The molecule has 0 aromatic heterocycles. The lowest BCUT2D eigenvalue weighted by Gasteiger charge is -2.10. The average Bonchev–Trinajstić information content (AvgIpc) is 2.72. The van der Waals surface area contributed by atoms with Crippen LogP contribution in [0.2, 0.25) is 0 Å². The van der Waals surface area contributed by atoms with Gasteiger partial charge in [-0.3, -0.25) is 4.79 Å². The van der Waals surface area contributed by atoms with Gasteiger partial charge in [-0.05, 0) is 55.2 Å². The normalized spacial score (nSPS) is 11.0. The van der Waals surface area contributed by atoms with E-state index in [2.05, 4.69) is 27.5 Å².